The molecule has 2 nitrogen and oxygen atoms in total. The monoisotopic (exact) mass is 276 g/mol. The molecule has 1 aromatic heterocycles. The van der Waals surface area contributed by atoms with Crippen molar-refractivity contribution in [2.24, 2.45) is 0 Å². The van der Waals surface area contributed by atoms with E-state index in [1.54, 1.807) is 17.4 Å². The zero-order valence-electron chi connectivity index (χ0n) is 9.26. The third-order valence-electron chi connectivity index (χ3n) is 2.44. The van der Waals surface area contributed by atoms with Crippen LogP contribution in [0.1, 0.15) is 0 Å². The number of hydrogen-bond acceptors (Lipinski definition) is 4. The van der Waals surface area contributed by atoms with Crippen LogP contribution in [0.5, 0.6) is 0 Å². The van der Waals surface area contributed by atoms with Crippen LogP contribution in [-0.2, 0) is 0 Å². The molecule has 0 aliphatic carbocycles. The Labute approximate surface area is 112 Å². The molecule has 0 saturated carbocycles. The van der Waals surface area contributed by atoms with Crippen LogP contribution in [0.4, 0.5) is 10.1 Å². The van der Waals surface area contributed by atoms with Gasteiger partial charge in [0.2, 0.25) is 0 Å². The molecule has 0 unspecified atom stereocenters. The predicted molar refractivity (Wildman–Crippen MR) is 74.6 cm³/mol. The molecule has 0 aliphatic rings. The van der Waals surface area contributed by atoms with Crippen LogP contribution in [0.15, 0.2) is 51.7 Å². The van der Waals surface area contributed by atoms with Gasteiger partial charge in [-0.1, -0.05) is 23.9 Å². The maximum Gasteiger partial charge on any atom is 0.155 e. The minimum absolute atomic E-state index is 0.318. The Balaban J connectivity index is 1.96. The lowest BCUT2D eigenvalue weighted by Gasteiger charge is -2.02. The lowest BCUT2D eigenvalue weighted by atomic mass is 10.3. The molecular formula is C13H9FN2S2. The van der Waals surface area contributed by atoms with E-state index in [4.69, 9.17) is 5.73 Å². The molecule has 0 amide bonds. The number of para-hydroxylation sites is 1. The molecule has 0 atom stereocenters. The summed E-state index contributed by atoms with van der Waals surface area (Å²) in [7, 11) is 0. The summed E-state index contributed by atoms with van der Waals surface area (Å²) in [6, 6.07) is 12.4. The summed E-state index contributed by atoms with van der Waals surface area (Å²) in [5, 5.41) is 0. The van der Waals surface area contributed by atoms with Crippen LogP contribution < -0.4 is 5.73 Å². The van der Waals surface area contributed by atoms with E-state index in [1.807, 2.05) is 24.3 Å². The summed E-state index contributed by atoms with van der Waals surface area (Å²) in [6.45, 7) is 0. The molecule has 0 saturated heterocycles. The minimum atomic E-state index is -0.318. The molecule has 18 heavy (non-hydrogen) atoms. The average molecular weight is 276 g/mol. The summed E-state index contributed by atoms with van der Waals surface area (Å²) in [4.78, 5) is 5.33. The summed E-state index contributed by atoms with van der Waals surface area (Å²) in [6.07, 6.45) is 0. The highest BCUT2D eigenvalue weighted by Gasteiger charge is 2.08. The Bertz CT molecular complexity index is 676. The maximum atomic E-state index is 13.0. The normalized spacial score (nSPS) is 10.9. The highest BCUT2D eigenvalue weighted by molar-refractivity contribution is 8.01. The summed E-state index contributed by atoms with van der Waals surface area (Å²) >= 11 is 3.07. The third kappa shape index (κ3) is 2.19. The standard InChI is InChI=1S/C13H9FN2S2/c14-8-5-6-11(9(15)7-8)17-13-16-10-3-1-2-4-12(10)18-13/h1-7H,15H2. The number of nitrogens with two attached hydrogens (primary N) is 1. The van der Waals surface area contributed by atoms with Crippen molar-refractivity contribution in [3.8, 4) is 0 Å². The molecule has 90 valence electrons. The number of benzene rings is 2. The van der Waals surface area contributed by atoms with Gasteiger partial charge in [-0.2, -0.15) is 0 Å². The first kappa shape index (κ1) is 11.5. The van der Waals surface area contributed by atoms with Crippen molar-refractivity contribution in [3.63, 3.8) is 0 Å². The van der Waals surface area contributed by atoms with Crippen molar-refractivity contribution >= 4 is 39.0 Å². The molecule has 0 spiro atoms. The molecule has 2 N–H and O–H groups in total. The number of nitrogens with zero attached hydrogens (tertiary/aromatic N) is 1. The second-order valence-corrected chi connectivity index (χ2v) is 6.05. The fourth-order valence-corrected chi connectivity index (χ4v) is 3.65. The third-order valence-corrected chi connectivity index (χ3v) is 4.63. The Kier molecular flexibility index (Phi) is 2.93. The van der Waals surface area contributed by atoms with Crippen molar-refractivity contribution in [1.82, 2.24) is 4.98 Å². The Morgan fingerprint density at radius 3 is 2.78 bits per heavy atom. The van der Waals surface area contributed by atoms with Gasteiger partial charge in [0.05, 0.1) is 10.2 Å². The second-order valence-electron chi connectivity index (χ2n) is 3.73. The smallest absolute Gasteiger partial charge is 0.155 e. The van der Waals surface area contributed by atoms with E-state index >= 15 is 0 Å². The fourth-order valence-electron chi connectivity index (χ4n) is 1.60. The number of rotatable bonds is 2. The fraction of sp³-hybridized carbons (Fsp3) is 0. The Morgan fingerprint density at radius 1 is 1.17 bits per heavy atom. The van der Waals surface area contributed by atoms with Crippen LogP contribution in [-0.4, -0.2) is 4.98 Å². The van der Waals surface area contributed by atoms with E-state index in [0.717, 1.165) is 19.5 Å². The number of aromatic nitrogens is 1. The number of fused-ring (bicyclic) bond motifs is 1. The first-order valence-corrected chi connectivity index (χ1v) is 6.94. The number of anilines is 1. The van der Waals surface area contributed by atoms with Crippen LogP contribution in [0.2, 0.25) is 0 Å². The van der Waals surface area contributed by atoms with E-state index in [-0.39, 0.29) is 5.82 Å². The van der Waals surface area contributed by atoms with Gasteiger partial charge in [0.25, 0.3) is 0 Å². The average Bonchev–Trinajstić information content (AvgIpc) is 2.75. The zero-order valence-corrected chi connectivity index (χ0v) is 10.9. The van der Waals surface area contributed by atoms with E-state index in [9.17, 15) is 4.39 Å². The molecule has 3 rings (SSSR count). The first-order valence-electron chi connectivity index (χ1n) is 5.31. The Hall–Kier alpha value is -1.59. The number of thiazole rings is 1. The highest BCUT2D eigenvalue weighted by atomic mass is 32.2. The van der Waals surface area contributed by atoms with Crippen molar-refractivity contribution in [3.05, 3.63) is 48.3 Å². The number of halogens is 1. The molecule has 2 aromatic carbocycles. The summed E-state index contributed by atoms with van der Waals surface area (Å²) in [5.41, 5.74) is 7.20. The lowest BCUT2D eigenvalue weighted by Crippen LogP contribution is -1.89. The van der Waals surface area contributed by atoms with Crippen molar-refractivity contribution in [2.45, 2.75) is 9.24 Å². The zero-order chi connectivity index (χ0) is 12.5. The van der Waals surface area contributed by atoms with Gasteiger partial charge in [0.15, 0.2) is 4.34 Å². The number of nitrogen functional groups attached to an aromatic ring is 1. The van der Waals surface area contributed by atoms with E-state index in [0.29, 0.717) is 5.69 Å². The SMILES string of the molecule is Nc1cc(F)ccc1Sc1nc2ccccc2s1. The molecule has 5 heteroatoms. The molecule has 0 bridgehead atoms. The maximum absolute atomic E-state index is 13.0. The van der Waals surface area contributed by atoms with Gasteiger partial charge >= 0.3 is 0 Å². The van der Waals surface area contributed by atoms with Gasteiger partial charge in [-0.05, 0) is 30.3 Å². The van der Waals surface area contributed by atoms with Crippen molar-refractivity contribution in [2.75, 3.05) is 5.73 Å². The van der Waals surface area contributed by atoms with Crippen LogP contribution in [0, 0.1) is 5.82 Å². The first-order chi connectivity index (χ1) is 8.72. The van der Waals surface area contributed by atoms with Crippen molar-refractivity contribution < 1.29 is 4.39 Å². The highest BCUT2D eigenvalue weighted by Crippen LogP contribution is 2.36. The van der Waals surface area contributed by atoms with E-state index in [2.05, 4.69) is 4.98 Å². The molecular weight excluding hydrogens is 267 g/mol. The van der Waals surface area contributed by atoms with Gasteiger partial charge in [-0.3, -0.25) is 0 Å². The van der Waals surface area contributed by atoms with Gasteiger partial charge in [0, 0.05) is 10.6 Å². The van der Waals surface area contributed by atoms with Crippen molar-refractivity contribution in [1.29, 1.82) is 0 Å². The second kappa shape index (κ2) is 4.59. The summed E-state index contributed by atoms with van der Waals surface area (Å²) < 4.78 is 15.0. The summed E-state index contributed by atoms with van der Waals surface area (Å²) in [5.74, 6) is -0.318. The molecule has 0 radical (unpaired) electrons. The van der Waals surface area contributed by atoms with Crippen LogP contribution in [0.3, 0.4) is 0 Å². The van der Waals surface area contributed by atoms with Gasteiger partial charge in [0.1, 0.15) is 5.82 Å². The largest absolute Gasteiger partial charge is 0.398 e. The van der Waals surface area contributed by atoms with Crippen LogP contribution >= 0.6 is 23.1 Å². The van der Waals surface area contributed by atoms with Crippen LogP contribution in [0.25, 0.3) is 10.2 Å². The van der Waals surface area contributed by atoms with E-state index in [1.165, 1.54) is 23.9 Å². The predicted octanol–water partition coefficient (Wildman–Crippen LogP) is 4.17. The topological polar surface area (TPSA) is 38.9 Å². The van der Waals surface area contributed by atoms with E-state index < -0.39 is 0 Å². The van der Waals surface area contributed by atoms with Gasteiger partial charge in [-0.25, -0.2) is 9.37 Å². The molecule has 1 heterocycles. The lowest BCUT2D eigenvalue weighted by molar-refractivity contribution is 0.627. The van der Waals surface area contributed by atoms with Gasteiger partial charge < -0.3 is 5.73 Å². The van der Waals surface area contributed by atoms with Gasteiger partial charge in [-0.15, -0.1) is 11.3 Å². The molecule has 0 aliphatic heterocycles. The molecule has 3 aromatic rings. The number of hydrogen-bond donors (Lipinski definition) is 1. The minimum Gasteiger partial charge on any atom is -0.398 e. The molecule has 0 fully saturated rings. The quantitative estimate of drug-likeness (QED) is 0.714. The Morgan fingerprint density at radius 2 is 2.00 bits per heavy atom.